The van der Waals surface area contributed by atoms with Gasteiger partial charge < -0.3 is 55.2 Å². The number of β-lactam (4-membered cyclic amide) rings is 1. The molecule has 3 aliphatic rings. The Hall–Kier alpha value is -6.75. The molecule has 304 valence electrons. The maximum Gasteiger partial charge on any atom is 0.503 e. The summed E-state index contributed by atoms with van der Waals surface area (Å²) in [6.07, 6.45) is 0.303. The molecular formula is C35H32F2N8O11S2. The summed E-state index contributed by atoms with van der Waals surface area (Å²) in [5.41, 5.74) is 5.74. The van der Waals surface area contributed by atoms with E-state index in [9.17, 15) is 33.5 Å². The fourth-order valence-electron chi connectivity index (χ4n) is 6.26. The molecule has 0 saturated carbocycles. The summed E-state index contributed by atoms with van der Waals surface area (Å²) in [7, 11) is 1.28. The van der Waals surface area contributed by atoms with Crippen LogP contribution in [-0.2, 0) is 19.2 Å². The number of piperazine rings is 1. The zero-order chi connectivity index (χ0) is 41.8. The molecule has 5 heterocycles. The smallest absolute Gasteiger partial charge is 0.477 e. The molecule has 58 heavy (non-hydrogen) atoms. The molecule has 2 atom stereocenters. The molecule has 0 radical (unpaired) electrons. The minimum atomic E-state index is -1.83. The number of thioether (sulfide) groups is 1. The Balaban J connectivity index is 0.00000135. The normalized spacial score (nSPS) is 17.6. The molecule has 3 aliphatic heterocycles. The number of fused-ring (bicyclic) bond motifs is 2. The van der Waals surface area contributed by atoms with Crippen molar-refractivity contribution in [2.45, 2.75) is 11.4 Å². The van der Waals surface area contributed by atoms with Crippen LogP contribution in [0.1, 0.15) is 16.1 Å². The number of aromatic nitrogens is 2. The van der Waals surface area contributed by atoms with Crippen molar-refractivity contribution in [3.8, 4) is 5.69 Å². The summed E-state index contributed by atoms with van der Waals surface area (Å²) >= 11 is 2.52. The number of carbonyl (C=O) groups is 5. The second kappa shape index (κ2) is 17.2. The number of halogens is 2. The van der Waals surface area contributed by atoms with Crippen molar-refractivity contribution in [2.24, 2.45) is 5.16 Å². The zero-order valence-electron chi connectivity index (χ0n) is 30.0. The Kier molecular flexibility index (Phi) is 12.1. The van der Waals surface area contributed by atoms with Gasteiger partial charge in [-0.05, 0) is 42.0 Å². The van der Waals surface area contributed by atoms with Crippen LogP contribution in [0.4, 0.5) is 29.2 Å². The van der Waals surface area contributed by atoms with E-state index in [1.165, 1.54) is 63.6 Å². The number of nitrogens with zero attached hydrogens (tertiary/aromatic N) is 6. The average molecular weight is 843 g/mol. The second-order valence-corrected chi connectivity index (χ2v) is 14.5. The van der Waals surface area contributed by atoms with Gasteiger partial charge in [-0.25, -0.2) is 28.1 Å². The summed E-state index contributed by atoms with van der Waals surface area (Å²) < 4.78 is 36.2. The van der Waals surface area contributed by atoms with E-state index in [-0.39, 0.29) is 77.2 Å². The number of amides is 3. The first-order chi connectivity index (χ1) is 27.7. The number of nitrogens with one attached hydrogen (secondary N) is 1. The highest BCUT2D eigenvalue weighted by molar-refractivity contribution is 8.00. The van der Waals surface area contributed by atoms with Crippen molar-refractivity contribution in [2.75, 3.05) is 56.3 Å². The molecule has 2 aromatic heterocycles. The zero-order valence-corrected chi connectivity index (χ0v) is 31.7. The number of oxime groups is 1. The largest absolute Gasteiger partial charge is 0.503 e. The summed E-state index contributed by atoms with van der Waals surface area (Å²) in [6, 6.07) is 6.80. The van der Waals surface area contributed by atoms with Crippen LogP contribution >= 0.6 is 23.1 Å². The Labute approximate surface area is 333 Å². The van der Waals surface area contributed by atoms with E-state index in [0.29, 0.717) is 17.0 Å². The third-order valence-corrected chi connectivity index (χ3v) is 11.0. The van der Waals surface area contributed by atoms with Crippen molar-refractivity contribution in [1.82, 2.24) is 24.7 Å². The molecule has 2 aromatic carbocycles. The molecular weight excluding hydrogens is 811 g/mol. The van der Waals surface area contributed by atoms with Gasteiger partial charge >= 0.3 is 18.2 Å². The number of hydrogen-bond donors (Lipinski definition) is 5. The van der Waals surface area contributed by atoms with E-state index < -0.39 is 52.8 Å². The highest BCUT2D eigenvalue weighted by Crippen LogP contribution is 2.36. The van der Waals surface area contributed by atoms with Gasteiger partial charge in [-0.1, -0.05) is 5.16 Å². The molecule has 19 nitrogen and oxygen atoms in total. The molecule has 6 N–H and O–H groups in total. The fourth-order valence-corrected chi connectivity index (χ4v) is 8.05. The first kappa shape index (κ1) is 40.9. The number of carboxylic acids is 1. The number of rotatable bonds is 9. The number of nitrogens with two attached hydrogens (primary N) is 1. The summed E-state index contributed by atoms with van der Waals surface area (Å²) in [5, 5.41) is 31.2. The van der Waals surface area contributed by atoms with Gasteiger partial charge in [-0.2, -0.15) is 0 Å². The number of ether oxygens (including phenoxy) is 1. The fraction of sp³-hybridized carbons (Fsp3) is 0.257. The van der Waals surface area contributed by atoms with Crippen molar-refractivity contribution >= 4 is 80.6 Å². The number of nitrogen functional groups attached to an aromatic ring is 1. The van der Waals surface area contributed by atoms with Gasteiger partial charge in [0.05, 0.1) is 11.2 Å². The lowest BCUT2D eigenvalue weighted by Gasteiger charge is -2.47. The minimum Gasteiger partial charge on any atom is -0.477 e. The van der Waals surface area contributed by atoms with Crippen LogP contribution in [0.5, 0.6) is 0 Å². The molecule has 3 amide bonds. The monoisotopic (exact) mass is 842 g/mol. The van der Waals surface area contributed by atoms with E-state index in [1.807, 2.05) is 0 Å². The van der Waals surface area contributed by atoms with Gasteiger partial charge in [0.1, 0.15) is 48.0 Å². The third kappa shape index (κ3) is 8.63. The number of carboxylic acid groups (broad SMARTS) is 3. The lowest BCUT2D eigenvalue weighted by Crippen LogP contribution is -2.69. The molecule has 23 heteroatoms. The molecule has 2 saturated heterocycles. The van der Waals surface area contributed by atoms with Gasteiger partial charge in [-0.3, -0.25) is 14.4 Å². The maximum atomic E-state index is 15.5. The van der Waals surface area contributed by atoms with Gasteiger partial charge in [0.15, 0.2) is 10.8 Å². The number of benzene rings is 2. The van der Waals surface area contributed by atoms with Gasteiger partial charge in [0.25, 0.3) is 11.8 Å². The van der Waals surface area contributed by atoms with Gasteiger partial charge in [0, 0.05) is 60.8 Å². The molecule has 0 bridgehead atoms. The standard InChI is InChI=1S/C34H30F2N8O8S2.CH2O3/c1-51-40-26(23-16-54-33(37)38-23)29(46)39-27-30(47)44-12-17(15-53-31(27)44)14-52-34(50)42-8-6-41(7-9-42)25-11-24-20(10-22(25)36)28(45)21(32(48)49)13-43(24)19-4-2-18(35)3-5-19;2-1(3)4/h2-5,10-13,16,27,31H,6-9,14-15H2,1H3,(H2,37,38)(H,39,46)(H,48,49);(H2,2,3,4)/b40-26-;/t27-,31-;/m1./s1. The predicted octanol–water partition coefficient (Wildman–Crippen LogP) is 2.82. The highest BCUT2D eigenvalue weighted by Gasteiger charge is 2.50. The van der Waals surface area contributed by atoms with Crippen molar-refractivity contribution in [1.29, 1.82) is 0 Å². The first-order valence-electron chi connectivity index (χ1n) is 16.9. The van der Waals surface area contributed by atoms with Crippen LogP contribution in [0.3, 0.4) is 0 Å². The van der Waals surface area contributed by atoms with Crippen LogP contribution in [0.15, 0.2) is 69.7 Å². The Bertz CT molecular complexity index is 2410. The summed E-state index contributed by atoms with van der Waals surface area (Å²) in [6.45, 7) is 0.723. The van der Waals surface area contributed by atoms with Crippen LogP contribution in [0.25, 0.3) is 16.6 Å². The Morgan fingerprint density at radius 2 is 1.74 bits per heavy atom. The second-order valence-electron chi connectivity index (χ2n) is 12.5. The number of hydrogen-bond acceptors (Lipinski definition) is 14. The van der Waals surface area contributed by atoms with Crippen molar-refractivity contribution in [3.05, 3.63) is 92.9 Å². The maximum absolute atomic E-state index is 15.5. The first-order valence-corrected chi connectivity index (χ1v) is 18.8. The van der Waals surface area contributed by atoms with Crippen LogP contribution < -0.4 is 21.4 Å². The molecule has 0 spiro atoms. The third-order valence-electron chi connectivity index (χ3n) is 8.96. The molecule has 7 rings (SSSR count). The number of thiazole rings is 1. The topological polar surface area (TPSA) is 260 Å². The molecule has 2 fully saturated rings. The average Bonchev–Trinajstić information content (AvgIpc) is 3.63. The number of anilines is 2. The molecule has 0 unspecified atom stereocenters. The number of carbonyl (C=O) groups excluding carboxylic acids is 3. The summed E-state index contributed by atoms with van der Waals surface area (Å²) in [4.78, 5) is 85.7. The summed E-state index contributed by atoms with van der Waals surface area (Å²) in [5.74, 6) is -3.32. The van der Waals surface area contributed by atoms with Crippen LogP contribution in [-0.4, -0.2) is 127 Å². The minimum absolute atomic E-state index is 0.0754. The predicted molar refractivity (Wildman–Crippen MR) is 205 cm³/mol. The van der Waals surface area contributed by atoms with E-state index in [4.69, 9.17) is 30.3 Å². The van der Waals surface area contributed by atoms with Crippen molar-refractivity contribution in [3.63, 3.8) is 0 Å². The van der Waals surface area contributed by atoms with Crippen LogP contribution in [0, 0.1) is 11.6 Å². The van der Waals surface area contributed by atoms with E-state index >= 15 is 4.39 Å². The number of aromatic carboxylic acids is 1. The van der Waals surface area contributed by atoms with E-state index in [2.05, 4.69) is 15.5 Å². The Morgan fingerprint density at radius 1 is 1.05 bits per heavy atom. The van der Waals surface area contributed by atoms with Crippen LogP contribution in [0.2, 0.25) is 0 Å². The van der Waals surface area contributed by atoms with Crippen molar-refractivity contribution < 1.29 is 57.6 Å². The van der Waals surface area contributed by atoms with Gasteiger partial charge in [-0.15, -0.1) is 23.1 Å². The van der Waals surface area contributed by atoms with E-state index in [0.717, 1.165) is 23.6 Å². The lowest BCUT2D eigenvalue weighted by atomic mass is 10.1. The lowest BCUT2D eigenvalue weighted by molar-refractivity contribution is -0.143. The quantitative estimate of drug-likeness (QED) is 0.0922. The van der Waals surface area contributed by atoms with Gasteiger partial charge in [0.2, 0.25) is 5.43 Å². The Morgan fingerprint density at radius 3 is 2.36 bits per heavy atom. The molecule has 4 aromatic rings. The highest BCUT2D eigenvalue weighted by atomic mass is 32.2. The van der Waals surface area contributed by atoms with E-state index in [1.54, 1.807) is 16.5 Å². The number of pyridine rings is 1. The molecule has 0 aliphatic carbocycles. The SMILES string of the molecule is CO/N=C(\C(=O)N[C@@H]1C(=O)N2C=C(COC(=O)N3CCN(c4cc5c(cc4F)c(=O)c(C(=O)O)cn5-c4ccc(F)cc4)CC3)CS[C@H]12)c1csc(N)n1.O=C(O)O.